The Morgan fingerprint density at radius 3 is 2.77 bits per heavy atom. The number of rotatable bonds is 4. The molecule has 4 aromatic rings. The van der Waals surface area contributed by atoms with Crippen LogP contribution in [0.3, 0.4) is 0 Å². The molecule has 0 spiro atoms. The van der Waals surface area contributed by atoms with Gasteiger partial charge in [-0.3, -0.25) is 4.79 Å². The molecule has 5 heterocycles. The minimum absolute atomic E-state index is 0.141. The average molecular weight is 416 g/mol. The highest BCUT2D eigenvalue weighted by atomic mass is 16.5. The number of nitrogens with zero attached hydrogens (tertiary/aromatic N) is 6. The fraction of sp³-hybridized carbons (Fsp3) is 0.238. The molecule has 10 nitrogen and oxygen atoms in total. The lowest BCUT2D eigenvalue weighted by molar-refractivity contribution is 0.0526. The zero-order valence-corrected chi connectivity index (χ0v) is 16.8. The molecule has 1 atom stereocenters. The van der Waals surface area contributed by atoms with Gasteiger partial charge in [0.05, 0.1) is 41.9 Å². The van der Waals surface area contributed by atoms with E-state index in [1.165, 1.54) is 6.33 Å². The number of hydrogen-bond donors (Lipinski definition) is 2. The lowest BCUT2D eigenvalue weighted by atomic mass is 10.1. The molecule has 5 rings (SSSR count). The number of fused-ring (bicyclic) bond motifs is 1. The Morgan fingerprint density at radius 2 is 2.00 bits per heavy atom. The van der Waals surface area contributed by atoms with E-state index in [-0.39, 0.29) is 11.7 Å². The van der Waals surface area contributed by atoms with Gasteiger partial charge in [-0.05, 0) is 24.4 Å². The number of aromatic amines is 1. The molecule has 2 N–H and O–H groups in total. The van der Waals surface area contributed by atoms with Gasteiger partial charge in [-0.15, -0.1) is 0 Å². The Bertz CT molecular complexity index is 1260. The minimum atomic E-state index is -0.233. The molecular formula is C21H20N8O2. The first-order chi connectivity index (χ1) is 15.2. The monoisotopic (exact) mass is 416 g/mol. The molecule has 10 heteroatoms. The van der Waals surface area contributed by atoms with Gasteiger partial charge in [0.15, 0.2) is 0 Å². The number of ether oxygens (including phenoxy) is 1. The first-order valence-corrected chi connectivity index (χ1v) is 9.91. The normalized spacial score (nSPS) is 16.4. The predicted octanol–water partition coefficient (Wildman–Crippen LogP) is 2.14. The van der Waals surface area contributed by atoms with Crippen LogP contribution < -0.4 is 15.8 Å². The van der Waals surface area contributed by atoms with E-state index < -0.39 is 0 Å². The highest BCUT2D eigenvalue weighted by Gasteiger charge is 2.19. The Hall–Kier alpha value is -3.92. The number of aromatic nitrogens is 6. The molecule has 1 saturated heterocycles. The lowest BCUT2D eigenvalue weighted by Gasteiger charge is -2.31. The molecule has 0 amide bonds. The van der Waals surface area contributed by atoms with Crippen LogP contribution in [-0.4, -0.2) is 55.7 Å². The van der Waals surface area contributed by atoms with Crippen LogP contribution in [0.2, 0.25) is 0 Å². The second-order valence-corrected chi connectivity index (χ2v) is 7.28. The Morgan fingerprint density at radius 1 is 1.19 bits per heavy atom. The fourth-order valence-corrected chi connectivity index (χ4v) is 3.57. The van der Waals surface area contributed by atoms with Gasteiger partial charge in [-0.1, -0.05) is 0 Å². The van der Waals surface area contributed by atoms with Crippen molar-refractivity contribution in [1.29, 1.82) is 0 Å². The third-order valence-corrected chi connectivity index (χ3v) is 5.04. The van der Waals surface area contributed by atoms with Crippen LogP contribution in [0.4, 0.5) is 17.5 Å². The number of morpholine rings is 1. The summed E-state index contributed by atoms with van der Waals surface area (Å²) in [6.07, 6.45) is 9.95. The summed E-state index contributed by atoms with van der Waals surface area (Å²) in [5, 5.41) is 4.40. The average Bonchev–Trinajstić information content (AvgIpc) is 2.80. The van der Waals surface area contributed by atoms with E-state index in [0.717, 1.165) is 24.0 Å². The van der Waals surface area contributed by atoms with E-state index in [2.05, 4.69) is 40.1 Å². The Kier molecular flexibility index (Phi) is 4.97. The van der Waals surface area contributed by atoms with E-state index in [9.17, 15) is 4.79 Å². The summed E-state index contributed by atoms with van der Waals surface area (Å²) in [4.78, 5) is 39.0. The van der Waals surface area contributed by atoms with Crippen molar-refractivity contribution in [1.82, 2.24) is 29.9 Å². The van der Waals surface area contributed by atoms with E-state index in [1.807, 2.05) is 19.1 Å². The third-order valence-electron chi connectivity index (χ3n) is 5.04. The number of pyridine rings is 2. The van der Waals surface area contributed by atoms with Crippen molar-refractivity contribution in [3.63, 3.8) is 0 Å². The van der Waals surface area contributed by atoms with Crippen LogP contribution in [0, 0.1) is 0 Å². The van der Waals surface area contributed by atoms with E-state index in [4.69, 9.17) is 4.74 Å². The maximum atomic E-state index is 12.5. The maximum Gasteiger partial charge on any atom is 0.259 e. The second-order valence-electron chi connectivity index (χ2n) is 7.28. The minimum Gasteiger partial charge on any atom is -0.375 e. The summed E-state index contributed by atoms with van der Waals surface area (Å²) in [5.74, 6) is 1.06. The molecule has 31 heavy (non-hydrogen) atoms. The topological polar surface area (TPSA) is 122 Å². The predicted molar refractivity (Wildman–Crippen MR) is 116 cm³/mol. The van der Waals surface area contributed by atoms with Gasteiger partial charge < -0.3 is 19.9 Å². The van der Waals surface area contributed by atoms with Crippen LogP contribution in [0.25, 0.3) is 22.0 Å². The summed E-state index contributed by atoms with van der Waals surface area (Å²) >= 11 is 0. The standard InChI is InChI=1S/C21H20N8O2/c1-13-11-29(4-5-31-13)21-25-9-16(10-26-21)27-19-18-14(2-3-24-20(18)30)6-17(28-19)15-7-22-12-23-8-15/h2-3,6-10,12-13H,4-5,11H2,1H3,(H,24,30)(H,27,28)/t13-/m1/s1. The number of anilines is 3. The van der Waals surface area contributed by atoms with Crippen molar-refractivity contribution >= 4 is 28.2 Å². The van der Waals surface area contributed by atoms with Crippen LogP contribution in [-0.2, 0) is 4.74 Å². The molecule has 0 unspecified atom stereocenters. The SMILES string of the molecule is C[C@@H]1CN(c2ncc(Nc3nc(-c4cncnc4)cc4cc[nH]c(=O)c34)cn2)CCO1. The molecular weight excluding hydrogens is 396 g/mol. The molecule has 1 aliphatic rings. The number of H-pyrrole nitrogens is 1. The zero-order chi connectivity index (χ0) is 21.2. The summed E-state index contributed by atoms with van der Waals surface area (Å²) < 4.78 is 5.57. The molecule has 0 saturated carbocycles. The van der Waals surface area contributed by atoms with Gasteiger partial charge in [0.25, 0.3) is 5.56 Å². The summed E-state index contributed by atoms with van der Waals surface area (Å²) in [6.45, 7) is 4.18. The number of hydrogen-bond acceptors (Lipinski definition) is 9. The maximum absolute atomic E-state index is 12.5. The largest absolute Gasteiger partial charge is 0.375 e. The Balaban J connectivity index is 1.50. The van der Waals surface area contributed by atoms with Gasteiger partial charge in [0.1, 0.15) is 12.1 Å². The Labute approximate surface area is 177 Å². The molecule has 1 fully saturated rings. The summed E-state index contributed by atoms with van der Waals surface area (Å²) in [6, 6.07) is 3.67. The van der Waals surface area contributed by atoms with Crippen molar-refractivity contribution in [2.24, 2.45) is 0 Å². The lowest BCUT2D eigenvalue weighted by Crippen LogP contribution is -2.41. The van der Waals surface area contributed by atoms with E-state index in [1.54, 1.807) is 31.0 Å². The van der Waals surface area contributed by atoms with Crippen molar-refractivity contribution < 1.29 is 4.74 Å². The molecule has 156 valence electrons. The third kappa shape index (κ3) is 3.92. The molecule has 0 aromatic carbocycles. The number of nitrogens with one attached hydrogen (secondary N) is 2. The first kappa shape index (κ1) is 19.1. The molecule has 0 radical (unpaired) electrons. The smallest absolute Gasteiger partial charge is 0.259 e. The van der Waals surface area contributed by atoms with Gasteiger partial charge >= 0.3 is 0 Å². The van der Waals surface area contributed by atoms with Crippen LogP contribution in [0.15, 0.2) is 54.2 Å². The van der Waals surface area contributed by atoms with Gasteiger partial charge in [-0.25, -0.2) is 24.9 Å². The van der Waals surface area contributed by atoms with Crippen LogP contribution in [0.1, 0.15) is 6.92 Å². The first-order valence-electron chi connectivity index (χ1n) is 9.91. The molecule has 0 aliphatic carbocycles. The van der Waals surface area contributed by atoms with Crippen molar-refractivity contribution in [3.05, 3.63) is 59.8 Å². The van der Waals surface area contributed by atoms with Gasteiger partial charge in [0, 0.05) is 37.2 Å². The van der Waals surface area contributed by atoms with Crippen LogP contribution >= 0.6 is 0 Å². The summed E-state index contributed by atoms with van der Waals surface area (Å²) in [7, 11) is 0. The quantitative estimate of drug-likeness (QED) is 0.515. The molecule has 0 bridgehead atoms. The second kappa shape index (κ2) is 8.07. The van der Waals surface area contributed by atoms with Crippen LogP contribution in [0.5, 0.6) is 0 Å². The van der Waals surface area contributed by atoms with Crippen molar-refractivity contribution in [3.8, 4) is 11.3 Å². The highest BCUT2D eigenvalue weighted by molar-refractivity contribution is 5.95. The van der Waals surface area contributed by atoms with E-state index in [0.29, 0.717) is 35.1 Å². The van der Waals surface area contributed by atoms with Gasteiger partial charge in [0.2, 0.25) is 5.95 Å². The zero-order valence-electron chi connectivity index (χ0n) is 16.8. The molecule has 1 aliphatic heterocycles. The van der Waals surface area contributed by atoms with Crippen molar-refractivity contribution in [2.45, 2.75) is 13.0 Å². The highest BCUT2D eigenvalue weighted by Crippen LogP contribution is 2.27. The molecule has 4 aromatic heterocycles. The van der Waals surface area contributed by atoms with E-state index >= 15 is 0 Å². The van der Waals surface area contributed by atoms with Crippen molar-refractivity contribution in [2.75, 3.05) is 29.9 Å². The fourth-order valence-electron chi connectivity index (χ4n) is 3.57. The van der Waals surface area contributed by atoms with Gasteiger partial charge in [-0.2, -0.15) is 0 Å². The summed E-state index contributed by atoms with van der Waals surface area (Å²) in [5.41, 5.74) is 1.80.